The molecule has 0 spiro atoms. The molecule has 0 saturated heterocycles. The van der Waals surface area contributed by atoms with Gasteiger partial charge in [-0.15, -0.1) is 6.58 Å². The number of Topliss-reactive ketones (excluding diaryl/α,β-unsaturated/α-hetero) is 1. The van der Waals surface area contributed by atoms with Crippen LogP contribution in [0, 0.1) is 0 Å². The van der Waals surface area contributed by atoms with Gasteiger partial charge in [0, 0.05) is 12.8 Å². The normalized spacial score (nSPS) is 9.92. The maximum absolute atomic E-state index is 11.2. The quantitative estimate of drug-likeness (QED) is 0.390. The van der Waals surface area contributed by atoms with Crippen molar-refractivity contribution in [3.63, 3.8) is 0 Å². The van der Waals surface area contributed by atoms with Crippen molar-refractivity contribution in [2.75, 3.05) is 0 Å². The van der Waals surface area contributed by atoms with Gasteiger partial charge in [-0.3, -0.25) is 4.79 Å². The smallest absolute Gasteiger partial charge is 0.133 e. The summed E-state index contributed by atoms with van der Waals surface area (Å²) < 4.78 is 0. The summed E-state index contributed by atoms with van der Waals surface area (Å²) in [5, 5.41) is 0. The largest absolute Gasteiger partial charge is 0.300 e. The third-order valence-electron chi connectivity index (χ3n) is 2.19. The molecular weight excluding hydrogens is 160 g/mol. The van der Waals surface area contributed by atoms with Crippen LogP contribution < -0.4 is 0 Å². The van der Waals surface area contributed by atoms with Crippen LogP contribution >= 0.6 is 0 Å². The third kappa shape index (κ3) is 9.32. The lowest BCUT2D eigenvalue weighted by Crippen LogP contribution is -1.96. The average molecular weight is 182 g/mol. The molecular formula is C12H22O. The standard InChI is InChI=1S/C12H22O/c1-3-5-7-8-9-11-12(13)10-6-4-2/h4H,2-3,5-11H2,1H3. The maximum atomic E-state index is 11.2. The van der Waals surface area contributed by atoms with Gasteiger partial charge in [-0.2, -0.15) is 0 Å². The van der Waals surface area contributed by atoms with E-state index in [0.29, 0.717) is 12.2 Å². The Hall–Kier alpha value is -0.590. The molecule has 0 bridgehead atoms. The molecule has 0 fully saturated rings. The highest BCUT2D eigenvalue weighted by Crippen LogP contribution is 2.07. The number of ketones is 1. The van der Waals surface area contributed by atoms with E-state index >= 15 is 0 Å². The molecule has 0 aliphatic rings. The first-order chi connectivity index (χ1) is 6.31. The fourth-order valence-corrected chi connectivity index (χ4v) is 1.31. The minimum absolute atomic E-state index is 0.399. The van der Waals surface area contributed by atoms with E-state index in [9.17, 15) is 4.79 Å². The Kier molecular flexibility index (Phi) is 9.07. The molecule has 76 valence electrons. The van der Waals surface area contributed by atoms with Crippen LogP contribution in [0.1, 0.15) is 58.3 Å². The zero-order valence-electron chi connectivity index (χ0n) is 8.85. The van der Waals surface area contributed by atoms with Gasteiger partial charge in [0.2, 0.25) is 0 Å². The lowest BCUT2D eigenvalue weighted by molar-refractivity contribution is -0.119. The minimum Gasteiger partial charge on any atom is -0.300 e. The summed E-state index contributed by atoms with van der Waals surface area (Å²) in [4.78, 5) is 11.2. The van der Waals surface area contributed by atoms with Gasteiger partial charge in [0.15, 0.2) is 0 Å². The summed E-state index contributed by atoms with van der Waals surface area (Å²) in [7, 11) is 0. The van der Waals surface area contributed by atoms with E-state index in [1.807, 2.05) is 6.08 Å². The van der Waals surface area contributed by atoms with Crippen molar-refractivity contribution in [1.29, 1.82) is 0 Å². The third-order valence-corrected chi connectivity index (χ3v) is 2.19. The van der Waals surface area contributed by atoms with Gasteiger partial charge in [-0.25, -0.2) is 0 Å². The predicted octanol–water partition coefficient (Wildman–Crippen LogP) is 3.88. The molecule has 0 atom stereocenters. The Bertz CT molecular complexity index is 138. The molecule has 0 saturated carbocycles. The first kappa shape index (κ1) is 12.4. The highest BCUT2D eigenvalue weighted by Gasteiger charge is 1.99. The van der Waals surface area contributed by atoms with Crippen molar-refractivity contribution in [3.8, 4) is 0 Å². The molecule has 0 aliphatic heterocycles. The number of carbonyl (C=O) groups is 1. The maximum Gasteiger partial charge on any atom is 0.133 e. The van der Waals surface area contributed by atoms with Crippen LogP contribution in [-0.4, -0.2) is 5.78 Å². The number of carbonyl (C=O) groups excluding carboxylic acids is 1. The number of allylic oxidation sites excluding steroid dienone is 1. The van der Waals surface area contributed by atoms with E-state index in [0.717, 1.165) is 19.3 Å². The van der Waals surface area contributed by atoms with Crippen LogP contribution in [0.3, 0.4) is 0 Å². The van der Waals surface area contributed by atoms with Crippen molar-refractivity contribution < 1.29 is 4.79 Å². The second kappa shape index (κ2) is 9.50. The van der Waals surface area contributed by atoms with Crippen molar-refractivity contribution in [3.05, 3.63) is 12.7 Å². The van der Waals surface area contributed by atoms with Crippen molar-refractivity contribution in [2.24, 2.45) is 0 Å². The zero-order chi connectivity index (χ0) is 9.94. The van der Waals surface area contributed by atoms with E-state index in [1.165, 1.54) is 25.7 Å². The lowest BCUT2D eigenvalue weighted by atomic mass is 10.1. The fraction of sp³-hybridized carbons (Fsp3) is 0.750. The lowest BCUT2D eigenvalue weighted by Gasteiger charge is -1.99. The summed E-state index contributed by atoms with van der Waals surface area (Å²) in [6, 6.07) is 0. The summed E-state index contributed by atoms with van der Waals surface area (Å²) in [5.74, 6) is 0.399. The van der Waals surface area contributed by atoms with Crippen LogP contribution in [0.25, 0.3) is 0 Å². The molecule has 0 heterocycles. The molecule has 0 aromatic rings. The van der Waals surface area contributed by atoms with Gasteiger partial charge in [0.25, 0.3) is 0 Å². The predicted molar refractivity (Wildman–Crippen MR) is 57.8 cm³/mol. The first-order valence-electron chi connectivity index (χ1n) is 5.43. The summed E-state index contributed by atoms with van der Waals surface area (Å²) in [6.07, 6.45) is 10.3. The van der Waals surface area contributed by atoms with Gasteiger partial charge in [0.1, 0.15) is 5.78 Å². The Morgan fingerprint density at radius 3 is 2.46 bits per heavy atom. The van der Waals surface area contributed by atoms with Crippen LogP contribution in [0.15, 0.2) is 12.7 Å². The van der Waals surface area contributed by atoms with E-state index in [1.54, 1.807) is 0 Å². The first-order valence-corrected chi connectivity index (χ1v) is 5.43. The van der Waals surface area contributed by atoms with Crippen LogP contribution in [0.4, 0.5) is 0 Å². The van der Waals surface area contributed by atoms with Gasteiger partial charge < -0.3 is 0 Å². The average Bonchev–Trinajstić information content (AvgIpc) is 2.14. The second-order valence-electron chi connectivity index (χ2n) is 3.53. The molecule has 0 amide bonds. The molecule has 0 aromatic heterocycles. The second-order valence-corrected chi connectivity index (χ2v) is 3.53. The Labute approximate surface area is 82.2 Å². The summed E-state index contributed by atoms with van der Waals surface area (Å²) in [5.41, 5.74) is 0. The van der Waals surface area contributed by atoms with Crippen LogP contribution in [0.5, 0.6) is 0 Å². The molecule has 1 heteroatoms. The highest BCUT2D eigenvalue weighted by molar-refractivity contribution is 5.78. The Morgan fingerprint density at radius 1 is 1.15 bits per heavy atom. The molecule has 0 aromatic carbocycles. The van der Waals surface area contributed by atoms with Gasteiger partial charge in [0.05, 0.1) is 0 Å². The number of hydrogen-bond donors (Lipinski definition) is 0. The zero-order valence-corrected chi connectivity index (χ0v) is 8.85. The highest BCUT2D eigenvalue weighted by atomic mass is 16.1. The fourth-order valence-electron chi connectivity index (χ4n) is 1.31. The van der Waals surface area contributed by atoms with Crippen LogP contribution in [-0.2, 0) is 4.79 Å². The van der Waals surface area contributed by atoms with Gasteiger partial charge in [-0.05, 0) is 12.8 Å². The van der Waals surface area contributed by atoms with Crippen LogP contribution in [0.2, 0.25) is 0 Å². The topological polar surface area (TPSA) is 17.1 Å². The summed E-state index contributed by atoms with van der Waals surface area (Å²) >= 11 is 0. The van der Waals surface area contributed by atoms with E-state index < -0.39 is 0 Å². The molecule has 0 unspecified atom stereocenters. The number of unbranched alkanes of at least 4 members (excludes halogenated alkanes) is 4. The Morgan fingerprint density at radius 2 is 1.85 bits per heavy atom. The minimum atomic E-state index is 0.399. The van der Waals surface area contributed by atoms with Crippen molar-refractivity contribution in [2.45, 2.75) is 58.3 Å². The number of hydrogen-bond acceptors (Lipinski definition) is 1. The van der Waals surface area contributed by atoms with Gasteiger partial charge >= 0.3 is 0 Å². The van der Waals surface area contributed by atoms with E-state index in [-0.39, 0.29) is 0 Å². The molecule has 0 radical (unpaired) electrons. The summed E-state index contributed by atoms with van der Waals surface area (Å²) in [6.45, 7) is 5.80. The number of rotatable bonds is 9. The Balaban J connectivity index is 3.12. The molecule has 13 heavy (non-hydrogen) atoms. The van der Waals surface area contributed by atoms with Crippen molar-refractivity contribution in [1.82, 2.24) is 0 Å². The van der Waals surface area contributed by atoms with E-state index in [2.05, 4.69) is 13.5 Å². The van der Waals surface area contributed by atoms with Crippen molar-refractivity contribution >= 4 is 5.78 Å². The van der Waals surface area contributed by atoms with E-state index in [4.69, 9.17) is 0 Å². The SMILES string of the molecule is C=CCCC(=O)CCCCCCC. The molecule has 1 nitrogen and oxygen atoms in total. The molecule has 0 rings (SSSR count). The van der Waals surface area contributed by atoms with Gasteiger partial charge in [-0.1, -0.05) is 38.7 Å². The molecule has 0 N–H and O–H groups in total. The molecule has 0 aliphatic carbocycles. The monoisotopic (exact) mass is 182 g/mol.